The van der Waals surface area contributed by atoms with Gasteiger partial charge in [0.1, 0.15) is 0 Å². The highest BCUT2D eigenvalue weighted by molar-refractivity contribution is 7.39. The van der Waals surface area contributed by atoms with E-state index in [1.807, 2.05) is 0 Å². The van der Waals surface area contributed by atoms with Crippen molar-refractivity contribution >= 4 is 8.60 Å². The highest BCUT2D eigenvalue weighted by Crippen LogP contribution is 2.22. The molecule has 0 heterocycles. The largest absolute Gasteiger partial charge is 0.328 e. The lowest BCUT2D eigenvalue weighted by Crippen LogP contribution is -2.23. The molecule has 0 aromatic heterocycles. The van der Waals surface area contributed by atoms with Crippen molar-refractivity contribution in [2.24, 2.45) is 5.92 Å². The molecule has 0 aliphatic heterocycles. The van der Waals surface area contributed by atoms with E-state index < -0.39 is 8.60 Å². The molecule has 0 rings (SSSR count). The SMILES string of the molecule is CC(C)CNCCOP(O)O. The predicted molar refractivity (Wildman–Crippen MR) is 45.0 cm³/mol. The molecule has 0 saturated heterocycles. The van der Waals surface area contributed by atoms with Crippen LogP contribution >= 0.6 is 8.60 Å². The van der Waals surface area contributed by atoms with Gasteiger partial charge in [0.2, 0.25) is 0 Å². The molecule has 5 heteroatoms. The van der Waals surface area contributed by atoms with Crippen LogP contribution in [0, 0.1) is 5.92 Å². The summed E-state index contributed by atoms with van der Waals surface area (Å²) in [5.74, 6) is 0.611. The second-order valence-electron chi connectivity index (χ2n) is 2.68. The van der Waals surface area contributed by atoms with Gasteiger partial charge in [0.05, 0.1) is 6.61 Å². The van der Waals surface area contributed by atoms with E-state index in [1.165, 1.54) is 0 Å². The summed E-state index contributed by atoms with van der Waals surface area (Å²) in [4.78, 5) is 16.7. The van der Waals surface area contributed by atoms with Gasteiger partial charge in [-0.1, -0.05) is 13.8 Å². The monoisotopic (exact) mass is 181 g/mol. The molecule has 0 aromatic carbocycles. The first-order valence-electron chi connectivity index (χ1n) is 3.64. The second-order valence-corrected chi connectivity index (χ2v) is 3.45. The average Bonchev–Trinajstić information content (AvgIpc) is 1.85. The van der Waals surface area contributed by atoms with Crippen LogP contribution in [0.2, 0.25) is 0 Å². The van der Waals surface area contributed by atoms with Crippen LogP contribution in [-0.4, -0.2) is 29.5 Å². The van der Waals surface area contributed by atoms with E-state index >= 15 is 0 Å². The highest BCUT2D eigenvalue weighted by atomic mass is 31.2. The molecule has 0 fully saturated rings. The molecule has 4 nitrogen and oxygen atoms in total. The summed E-state index contributed by atoms with van der Waals surface area (Å²) in [6, 6.07) is 0. The Bertz CT molecular complexity index is 79.9. The van der Waals surface area contributed by atoms with Crippen LogP contribution in [0.15, 0.2) is 0 Å². The lowest BCUT2D eigenvalue weighted by atomic mass is 10.2. The standard InChI is InChI=1S/C6H16NO3P/c1-6(2)5-7-3-4-10-11(8)9/h6-9H,3-5H2,1-2H3. The zero-order valence-electron chi connectivity index (χ0n) is 6.95. The van der Waals surface area contributed by atoms with Crippen molar-refractivity contribution in [3.63, 3.8) is 0 Å². The number of hydrogen-bond donors (Lipinski definition) is 3. The van der Waals surface area contributed by atoms with E-state index in [0.29, 0.717) is 19.1 Å². The average molecular weight is 181 g/mol. The van der Waals surface area contributed by atoms with Gasteiger partial charge in [-0.2, -0.15) is 0 Å². The topological polar surface area (TPSA) is 61.7 Å². The molecule has 0 aliphatic rings. The fraction of sp³-hybridized carbons (Fsp3) is 1.00. The minimum absolute atomic E-state index is 0.353. The summed E-state index contributed by atoms with van der Waals surface area (Å²) in [6.07, 6.45) is 0. The van der Waals surface area contributed by atoms with Gasteiger partial charge >= 0.3 is 8.60 Å². The van der Waals surface area contributed by atoms with Gasteiger partial charge in [-0.05, 0) is 12.5 Å². The van der Waals surface area contributed by atoms with E-state index in [1.54, 1.807) is 0 Å². The van der Waals surface area contributed by atoms with Gasteiger partial charge in [-0.25, -0.2) is 0 Å². The molecule has 0 aromatic rings. The third-order valence-electron chi connectivity index (χ3n) is 1.04. The van der Waals surface area contributed by atoms with Crippen LogP contribution in [0.4, 0.5) is 0 Å². The van der Waals surface area contributed by atoms with E-state index in [9.17, 15) is 0 Å². The molecule has 0 radical (unpaired) electrons. The lowest BCUT2D eigenvalue weighted by molar-refractivity contribution is 0.253. The van der Waals surface area contributed by atoms with E-state index in [0.717, 1.165) is 6.54 Å². The first-order chi connectivity index (χ1) is 5.13. The maximum Gasteiger partial charge on any atom is 0.327 e. The zero-order valence-corrected chi connectivity index (χ0v) is 7.84. The van der Waals surface area contributed by atoms with Crippen LogP contribution in [-0.2, 0) is 4.52 Å². The van der Waals surface area contributed by atoms with Crippen molar-refractivity contribution < 1.29 is 14.3 Å². The van der Waals surface area contributed by atoms with Gasteiger partial charge in [0, 0.05) is 6.54 Å². The molecule has 0 aliphatic carbocycles. The molecule has 0 atom stereocenters. The molecule has 0 bridgehead atoms. The Morgan fingerprint density at radius 1 is 1.45 bits per heavy atom. The third kappa shape index (κ3) is 10.3. The van der Waals surface area contributed by atoms with Crippen molar-refractivity contribution in [2.75, 3.05) is 19.7 Å². The second kappa shape index (κ2) is 6.95. The van der Waals surface area contributed by atoms with Gasteiger partial charge in [0.15, 0.2) is 0 Å². The minimum Gasteiger partial charge on any atom is -0.328 e. The van der Waals surface area contributed by atoms with Crippen LogP contribution in [0.3, 0.4) is 0 Å². The Labute approximate surface area is 68.6 Å². The zero-order chi connectivity index (χ0) is 8.69. The van der Waals surface area contributed by atoms with Gasteiger partial charge in [-0.15, -0.1) is 0 Å². The molecular weight excluding hydrogens is 165 g/mol. The molecule has 3 N–H and O–H groups in total. The Balaban J connectivity index is 2.91. The molecule has 0 spiro atoms. The fourth-order valence-electron chi connectivity index (χ4n) is 0.590. The third-order valence-corrected chi connectivity index (χ3v) is 1.45. The van der Waals surface area contributed by atoms with Crippen LogP contribution in [0.25, 0.3) is 0 Å². The van der Waals surface area contributed by atoms with Crippen LogP contribution in [0.5, 0.6) is 0 Å². The quantitative estimate of drug-likeness (QED) is 0.411. The summed E-state index contributed by atoms with van der Waals surface area (Å²) in [5, 5.41) is 3.10. The fourth-order valence-corrected chi connectivity index (χ4v) is 0.845. The normalized spacial score (nSPS) is 11.5. The van der Waals surface area contributed by atoms with Crippen LogP contribution in [0.1, 0.15) is 13.8 Å². The molecule has 0 unspecified atom stereocenters. The van der Waals surface area contributed by atoms with Gasteiger partial charge in [-0.3, -0.25) is 0 Å². The maximum atomic E-state index is 8.33. The summed E-state index contributed by atoms with van der Waals surface area (Å²) >= 11 is 0. The van der Waals surface area contributed by atoms with Gasteiger partial charge in [0.25, 0.3) is 0 Å². The molecule has 0 saturated carbocycles. The molecule has 11 heavy (non-hydrogen) atoms. The van der Waals surface area contributed by atoms with E-state index in [4.69, 9.17) is 9.79 Å². The summed E-state index contributed by atoms with van der Waals surface area (Å²) < 4.78 is 4.54. The van der Waals surface area contributed by atoms with Crippen molar-refractivity contribution in [3.8, 4) is 0 Å². The summed E-state index contributed by atoms with van der Waals surface area (Å²) in [5.41, 5.74) is 0. The highest BCUT2D eigenvalue weighted by Gasteiger charge is 1.97. The number of nitrogens with one attached hydrogen (secondary N) is 1. The van der Waals surface area contributed by atoms with Crippen molar-refractivity contribution in [2.45, 2.75) is 13.8 Å². The first kappa shape index (κ1) is 11.3. The van der Waals surface area contributed by atoms with Crippen LogP contribution < -0.4 is 5.32 Å². The molecule has 0 amide bonds. The Morgan fingerprint density at radius 3 is 2.55 bits per heavy atom. The summed E-state index contributed by atoms with van der Waals surface area (Å²) in [6.45, 7) is 6.17. The summed E-state index contributed by atoms with van der Waals surface area (Å²) in [7, 11) is -2.17. The maximum absolute atomic E-state index is 8.33. The Kier molecular flexibility index (Phi) is 7.12. The Morgan fingerprint density at radius 2 is 2.09 bits per heavy atom. The first-order valence-corrected chi connectivity index (χ1v) is 4.81. The smallest absolute Gasteiger partial charge is 0.327 e. The van der Waals surface area contributed by atoms with Gasteiger partial charge < -0.3 is 19.6 Å². The Hall–Kier alpha value is 0.270. The number of hydrogen-bond acceptors (Lipinski definition) is 4. The predicted octanol–water partition coefficient (Wildman–Crippen LogP) is 0.460. The van der Waals surface area contributed by atoms with Crippen molar-refractivity contribution in [1.29, 1.82) is 0 Å². The molecule has 68 valence electrons. The van der Waals surface area contributed by atoms with E-state index in [-0.39, 0.29) is 0 Å². The molecular formula is C6H16NO3P. The minimum atomic E-state index is -2.17. The lowest BCUT2D eigenvalue weighted by Gasteiger charge is -2.07. The van der Waals surface area contributed by atoms with Crippen molar-refractivity contribution in [3.05, 3.63) is 0 Å². The van der Waals surface area contributed by atoms with Crippen molar-refractivity contribution in [1.82, 2.24) is 5.32 Å². The van der Waals surface area contributed by atoms with E-state index in [2.05, 4.69) is 23.7 Å². The number of rotatable bonds is 6.